The molecule has 0 bridgehead atoms. The molecule has 0 N–H and O–H groups in total. The fourth-order valence-electron chi connectivity index (χ4n) is 2.67. The van der Waals surface area contributed by atoms with Crippen LogP contribution in [0.15, 0.2) is 12.1 Å². The highest BCUT2D eigenvalue weighted by molar-refractivity contribution is 7.12. The molecule has 17 heavy (non-hydrogen) atoms. The molecule has 2 rings (SSSR count). The first-order valence-corrected chi connectivity index (χ1v) is 7.82. The molecule has 1 fully saturated rings. The van der Waals surface area contributed by atoms with Gasteiger partial charge in [-0.1, -0.05) is 40.5 Å². The van der Waals surface area contributed by atoms with Crippen LogP contribution in [-0.2, 0) is 5.41 Å². The van der Waals surface area contributed by atoms with Gasteiger partial charge in [0.2, 0.25) is 0 Å². The van der Waals surface area contributed by atoms with Gasteiger partial charge in [-0.25, -0.2) is 0 Å². The van der Waals surface area contributed by atoms with Crippen molar-refractivity contribution in [1.82, 2.24) is 0 Å². The lowest BCUT2D eigenvalue weighted by Crippen LogP contribution is -2.17. The molecule has 0 radical (unpaired) electrons. The second kappa shape index (κ2) is 4.59. The molecular formula is C15H23ClS. The Bertz CT molecular complexity index is 380. The Hall–Kier alpha value is -0.0100. The molecule has 1 aromatic heterocycles. The summed E-state index contributed by atoms with van der Waals surface area (Å²) in [4.78, 5) is 2.81. The van der Waals surface area contributed by atoms with Gasteiger partial charge in [0.25, 0.3) is 0 Å². The monoisotopic (exact) mass is 270 g/mol. The van der Waals surface area contributed by atoms with Crippen LogP contribution in [0.2, 0.25) is 0 Å². The predicted octanol–water partition coefficient (Wildman–Crippen LogP) is 5.91. The lowest BCUT2D eigenvalue weighted by atomic mass is 9.84. The van der Waals surface area contributed by atoms with Crippen molar-refractivity contribution in [1.29, 1.82) is 0 Å². The van der Waals surface area contributed by atoms with Crippen molar-refractivity contribution in [2.45, 2.75) is 64.2 Å². The molecular weight excluding hydrogens is 248 g/mol. The average molecular weight is 271 g/mol. The first-order valence-electron chi connectivity index (χ1n) is 6.57. The molecule has 0 spiro atoms. The van der Waals surface area contributed by atoms with Crippen molar-refractivity contribution >= 4 is 22.9 Å². The van der Waals surface area contributed by atoms with Crippen molar-refractivity contribution in [3.05, 3.63) is 21.9 Å². The minimum absolute atomic E-state index is 0.200. The van der Waals surface area contributed by atoms with Crippen LogP contribution in [0.25, 0.3) is 0 Å². The topological polar surface area (TPSA) is 0 Å². The van der Waals surface area contributed by atoms with E-state index >= 15 is 0 Å². The lowest BCUT2D eigenvalue weighted by Gasteiger charge is -2.28. The van der Waals surface area contributed by atoms with E-state index < -0.39 is 0 Å². The highest BCUT2D eigenvalue weighted by atomic mass is 35.5. The summed E-state index contributed by atoms with van der Waals surface area (Å²) in [5.74, 6) is 0. The molecule has 0 aromatic carbocycles. The van der Waals surface area contributed by atoms with E-state index in [0.717, 1.165) is 0 Å². The maximum absolute atomic E-state index is 6.73. The van der Waals surface area contributed by atoms with E-state index in [-0.39, 0.29) is 10.8 Å². The Morgan fingerprint density at radius 1 is 1.24 bits per heavy atom. The summed E-state index contributed by atoms with van der Waals surface area (Å²) in [7, 11) is 0. The first-order chi connectivity index (χ1) is 7.83. The van der Waals surface area contributed by atoms with E-state index in [9.17, 15) is 0 Å². The van der Waals surface area contributed by atoms with Crippen molar-refractivity contribution in [2.24, 2.45) is 5.41 Å². The lowest BCUT2D eigenvalue weighted by molar-refractivity contribution is 0.324. The second-order valence-corrected chi connectivity index (χ2v) is 8.23. The summed E-state index contributed by atoms with van der Waals surface area (Å²) >= 11 is 8.63. The Balaban J connectivity index is 2.20. The molecule has 1 aliphatic carbocycles. The third kappa shape index (κ3) is 2.71. The summed E-state index contributed by atoms with van der Waals surface area (Å²) in [6, 6.07) is 4.50. The molecule has 0 amide bonds. The summed E-state index contributed by atoms with van der Waals surface area (Å²) < 4.78 is 0. The zero-order chi connectivity index (χ0) is 12.7. The fraction of sp³-hybridized carbons (Fsp3) is 0.733. The molecule has 1 heterocycles. The predicted molar refractivity (Wildman–Crippen MR) is 78.2 cm³/mol. The number of hydrogen-bond acceptors (Lipinski definition) is 1. The van der Waals surface area contributed by atoms with Gasteiger partial charge >= 0.3 is 0 Å². The number of hydrogen-bond donors (Lipinski definition) is 0. The molecule has 2 heteroatoms. The van der Waals surface area contributed by atoms with Crippen LogP contribution in [0.4, 0.5) is 0 Å². The Kier molecular flexibility index (Phi) is 3.62. The van der Waals surface area contributed by atoms with E-state index in [2.05, 4.69) is 39.8 Å². The summed E-state index contributed by atoms with van der Waals surface area (Å²) in [6.07, 6.45) is 5.25. The largest absolute Gasteiger partial charge is 0.143 e. The normalized spacial score (nSPS) is 21.7. The van der Waals surface area contributed by atoms with Crippen LogP contribution in [0.3, 0.4) is 0 Å². The smallest absolute Gasteiger partial charge is 0.0732 e. The summed E-state index contributed by atoms with van der Waals surface area (Å²) in [5, 5.41) is 0.200. The SMILES string of the molecule is CC(C)(C)c1ccc(C(Cl)C2(C)CCCC2)s1. The van der Waals surface area contributed by atoms with Crippen molar-refractivity contribution in [2.75, 3.05) is 0 Å². The van der Waals surface area contributed by atoms with Gasteiger partial charge < -0.3 is 0 Å². The molecule has 0 aliphatic heterocycles. The molecule has 1 unspecified atom stereocenters. The van der Waals surface area contributed by atoms with E-state index in [1.807, 2.05) is 11.3 Å². The Morgan fingerprint density at radius 3 is 2.29 bits per heavy atom. The van der Waals surface area contributed by atoms with Crippen LogP contribution >= 0.6 is 22.9 Å². The fourth-order valence-corrected chi connectivity index (χ4v) is 4.32. The van der Waals surface area contributed by atoms with Crippen LogP contribution in [0, 0.1) is 5.41 Å². The minimum atomic E-state index is 0.200. The number of alkyl halides is 1. The minimum Gasteiger partial charge on any atom is -0.143 e. The van der Waals surface area contributed by atoms with E-state index in [1.54, 1.807) is 0 Å². The number of rotatable bonds is 2. The first kappa shape index (κ1) is 13.4. The van der Waals surface area contributed by atoms with E-state index in [4.69, 9.17) is 11.6 Å². The van der Waals surface area contributed by atoms with Gasteiger partial charge in [-0.15, -0.1) is 22.9 Å². The van der Waals surface area contributed by atoms with Crippen molar-refractivity contribution in [3.63, 3.8) is 0 Å². The van der Waals surface area contributed by atoms with Crippen molar-refractivity contribution < 1.29 is 0 Å². The highest BCUT2D eigenvalue weighted by Gasteiger charge is 2.37. The van der Waals surface area contributed by atoms with Gasteiger partial charge in [-0.05, 0) is 35.8 Å². The summed E-state index contributed by atoms with van der Waals surface area (Å²) in [5.41, 5.74) is 0.567. The standard InChI is InChI=1S/C15H23ClS/c1-14(2,3)12-8-7-11(17-12)13(16)15(4)9-5-6-10-15/h7-8,13H,5-6,9-10H2,1-4H3. The third-order valence-electron chi connectivity index (χ3n) is 3.97. The van der Waals surface area contributed by atoms with Crippen molar-refractivity contribution in [3.8, 4) is 0 Å². The zero-order valence-corrected chi connectivity index (χ0v) is 12.9. The number of thiophene rings is 1. The van der Waals surface area contributed by atoms with Gasteiger partial charge in [0.05, 0.1) is 5.38 Å². The van der Waals surface area contributed by atoms with Gasteiger partial charge in [0.1, 0.15) is 0 Å². The Labute approximate surface area is 114 Å². The van der Waals surface area contributed by atoms with Gasteiger partial charge in [-0.3, -0.25) is 0 Å². The third-order valence-corrected chi connectivity index (χ3v) is 6.44. The maximum atomic E-state index is 6.73. The highest BCUT2D eigenvalue weighted by Crippen LogP contribution is 2.52. The van der Waals surface area contributed by atoms with Crippen LogP contribution in [-0.4, -0.2) is 0 Å². The molecule has 0 nitrogen and oxygen atoms in total. The Morgan fingerprint density at radius 2 is 1.82 bits per heavy atom. The molecule has 96 valence electrons. The van der Waals surface area contributed by atoms with Crippen LogP contribution in [0.5, 0.6) is 0 Å². The number of halogens is 1. The molecule has 1 aromatic rings. The van der Waals surface area contributed by atoms with Gasteiger partial charge in [-0.2, -0.15) is 0 Å². The summed E-state index contributed by atoms with van der Waals surface area (Å²) in [6.45, 7) is 9.16. The second-order valence-electron chi connectivity index (χ2n) is 6.68. The molecule has 1 saturated carbocycles. The van der Waals surface area contributed by atoms with E-state index in [1.165, 1.54) is 35.4 Å². The maximum Gasteiger partial charge on any atom is 0.0732 e. The van der Waals surface area contributed by atoms with Gasteiger partial charge in [0.15, 0.2) is 0 Å². The quantitative estimate of drug-likeness (QED) is 0.587. The molecule has 1 atom stereocenters. The average Bonchev–Trinajstić information content (AvgIpc) is 2.84. The molecule has 1 aliphatic rings. The van der Waals surface area contributed by atoms with Crippen LogP contribution < -0.4 is 0 Å². The zero-order valence-electron chi connectivity index (χ0n) is 11.3. The van der Waals surface area contributed by atoms with Crippen LogP contribution in [0.1, 0.15) is 68.5 Å². The van der Waals surface area contributed by atoms with Gasteiger partial charge in [0, 0.05) is 9.75 Å². The molecule has 0 saturated heterocycles. The van der Waals surface area contributed by atoms with E-state index in [0.29, 0.717) is 5.41 Å².